The molecule has 2 amide bonds. The Morgan fingerprint density at radius 3 is 2.20 bits per heavy atom. The van der Waals surface area contributed by atoms with Gasteiger partial charge in [-0.15, -0.1) is 0 Å². The highest BCUT2D eigenvalue weighted by atomic mass is 16.2. The molecule has 0 radical (unpaired) electrons. The van der Waals surface area contributed by atoms with Crippen molar-refractivity contribution in [1.82, 2.24) is 15.1 Å². The second kappa shape index (κ2) is 6.33. The normalized spacial score (nSPS) is 27.4. The van der Waals surface area contributed by atoms with Crippen molar-refractivity contribution in [1.29, 1.82) is 0 Å². The third-order valence-electron chi connectivity index (χ3n) is 5.43. The molecule has 20 heavy (non-hydrogen) atoms. The Morgan fingerprint density at radius 1 is 0.850 bits per heavy atom. The smallest absolute Gasteiger partial charge is 0.320 e. The summed E-state index contributed by atoms with van der Waals surface area (Å²) in [6.07, 6.45) is 11.2. The second-order valence-corrected chi connectivity index (χ2v) is 6.80. The number of piperazine rings is 1. The molecule has 4 nitrogen and oxygen atoms in total. The van der Waals surface area contributed by atoms with Crippen LogP contribution in [0.2, 0.25) is 0 Å². The number of hydrogen-bond acceptors (Lipinski definition) is 2. The van der Waals surface area contributed by atoms with Crippen molar-refractivity contribution in [2.45, 2.75) is 63.3 Å². The van der Waals surface area contributed by atoms with Gasteiger partial charge in [-0.3, -0.25) is 0 Å². The van der Waals surface area contributed by atoms with E-state index in [4.69, 9.17) is 0 Å². The van der Waals surface area contributed by atoms with E-state index in [9.17, 15) is 4.79 Å². The van der Waals surface area contributed by atoms with Crippen LogP contribution in [-0.4, -0.2) is 54.1 Å². The SMILES string of the molecule is O=C(N1CCCCCC1)N1CCNCC12CCCCC2. The molecular weight excluding hydrogens is 250 g/mol. The minimum absolute atomic E-state index is 0.125. The molecule has 3 rings (SSSR count). The zero-order valence-corrected chi connectivity index (χ0v) is 12.7. The summed E-state index contributed by atoms with van der Waals surface area (Å²) in [5.74, 6) is 0. The zero-order chi connectivity index (χ0) is 13.8. The van der Waals surface area contributed by atoms with Crippen molar-refractivity contribution >= 4 is 6.03 Å². The van der Waals surface area contributed by atoms with E-state index >= 15 is 0 Å². The lowest BCUT2D eigenvalue weighted by Crippen LogP contribution is -2.65. The number of carbonyl (C=O) groups is 1. The summed E-state index contributed by atoms with van der Waals surface area (Å²) in [5, 5.41) is 3.53. The van der Waals surface area contributed by atoms with Gasteiger partial charge in [-0.2, -0.15) is 0 Å². The first-order valence-electron chi connectivity index (χ1n) is 8.59. The van der Waals surface area contributed by atoms with Crippen LogP contribution in [0.25, 0.3) is 0 Å². The quantitative estimate of drug-likeness (QED) is 0.740. The number of nitrogens with one attached hydrogen (secondary N) is 1. The van der Waals surface area contributed by atoms with E-state index in [1.54, 1.807) is 0 Å². The van der Waals surface area contributed by atoms with E-state index in [2.05, 4.69) is 15.1 Å². The topological polar surface area (TPSA) is 35.6 Å². The molecule has 0 bridgehead atoms. The Morgan fingerprint density at radius 2 is 1.50 bits per heavy atom. The summed E-state index contributed by atoms with van der Waals surface area (Å²) in [5.41, 5.74) is 0.125. The lowest BCUT2D eigenvalue weighted by molar-refractivity contribution is 0.0397. The van der Waals surface area contributed by atoms with Gasteiger partial charge >= 0.3 is 6.03 Å². The van der Waals surface area contributed by atoms with E-state index in [1.165, 1.54) is 57.8 Å². The second-order valence-electron chi connectivity index (χ2n) is 6.80. The molecule has 0 aromatic heterocycles. The predicted molar refractivity (Wildman–Crippen MR) is 80.8 cm³/mol. The Hall–Kier alpha value is -0.770. The van der Waals surface area contributed by atoms with Crippen molar-refractivity contribution in [3.8, 4) is 0 Å². The first-order chi connectivity index (χ1) is 9.82. The van der Waals surface area contributed by atoms with Crippen molar-refractivity contribution < 1.29 is 4.79 Å². The van der Waals surface area contributed by atoms with E-state index in [0.29, 0.717) is 6.03 Å². The monoisotopic (exact) mass is 279 g/mol. The van der Waals surface area contributed by atoms with E-state index in [-0.39, 0.29) is 5.54 Å². The van der Waals surface area contributed by atoms with Crippen LogP contribution < -0.4 is 5.32 Å². The largest absolute Gasteiger partial charge is 0.325 e. The summed E-state index contributed by atoms with van der Waals surface area (Å²) in [7, 11) is 0. The van der Waals surface area contributed by atoms with Gasteiger partial charge in [0.15, 0.2) is 0 Å². The Bertz CT molecular complexity index is 322. The summed E-state index contributed by atoms with van der Waals surface area (Å²) < 4.78 is 0. The van der Waals surface area contributed by atoms with Gasteiger partial charge in [-0.1, -0.05) is 32.1 Å². The number of urea groups is 1. The van der Waals surface area contributed by atoms with Gasteiger partial charge in [0.25, 0.3) is 0 Å². The van der Waals surface area contributed by atoms with Gasteiger partial charge in [0.1, 0.15) is 0 Å². The third-order valence-corrected chi connectivity index (χ3v) is 5.43. The van der Waals surface area contributed by atoms with Crippen LogP contribution in [0, 0.1) is 0 Å². The van der Waals surface area contributed by atoms with Crippen LogP contribution in [0.1, 0.15) is 57.8 Å². The molecule has 4 heteroatoms. The maximum Gasteiger partial charge on any atom is 0.320 e. The molecule has 0 aromatic carbocycles. The average Bonchev–Trinajstić information content (AvgIpc) is 2.77. The van der Waals surface area contributed by atoms with Crippen molar-refractivity contribution in [3.05, 3.63) is 0 Å². The van der Waals surface area contributed by atoms with Crippen LogP contribution in [0.15, 0.2) is 0 Å². The highest BCUT2D eigenvalue weighted by Crippen LogP contribution is 2.35. The molecule has 2 aliphatic heterocycles. The molecule has 2 heterocycles. The number of hydrogen-bond donors (Lipinski definition) is 1. The van der Waals surface area contributed by atoms with Crippen molar-refractivity contribution in [2.75, 3.05) is 32.7 Å². The van der Waals surface area contributed by atoms with Gasteiger partial charge in [-0.05, 0) is 25.7 Å². The molecule has 3 aliphatic rings. The molecule has 0 aromatic rings. The van der Waals surface area contributed by atoms with E-state index in [0.717, 1.165) is 32.7 Å². The lowest BCUT2D eigenvalue weighted by Gasteiger charge is -2.51. The highest BCUT2D eigenvalue weighted by molar-refractivity contribution is 5.75. The van der Waals surface area contributed by atoms with Gasteiger partial charge in [0.05, 0.1) is 5.54 Å². The van der Waals surface area contributed by atoms with Gasteiger partial charge < -0.3 is 15.1 Å². The highest BCUT2D eigenvalue weighted by Gasteiger charge is 2.43. The fraction of sp³-hybridized carbons (Fsp3) is 0.938. The molecule has 0 atom stereocenters. The molecule has 1 saturated carbocycles. The summed E-state index contributed by atoms with van der Waals surface area (Å²) in [6, 6.07) is 0.329. The van der Waals surface area contributed by atoms with Gasteiger partial charge in [0, 0.05) is 32.7 Å². The predicted octanol–water partition coefficient (Wildman–Crippen LogP) is 2.59. The number of nitrogens with zero attached hydrogens (tertiary/aromatic N) is 2. The summed E-state index contributed by atoms with van der Waals surface area (Å²) in [6.45, 7) is 4.81. The first kappa shape index (κ1) is 14.2. The average molecular weight is 279 g/mol. The standard InChI is InChI=1S/C16H29N3O/c20-15(18-11-6-1-2-7-12-18)19-13-10-17-14-16(19)8-4-3-5-9-16/h17H,1-14H2. The number of amides is 2. The molecule has 114 valence electrons. The van der Waals surface area contributed by atoms with Crippen LogP contribution in [-0.2, 0) is 0 Å². The fourth-order valence-electron chi connectivity index (χ4n) is 4.23. The Balaban J connectivity index is 1.73. The number of carbonyl (C=O) groups excluding carboxylic acids is 1. The van der Waals surface area contributed by atoms with Crippen LogP contribution in [0.4, 0.5) is 4.79 Å². The molecule has 0 unspecified atom stereocenters. The first-order valence-corrected chi connectivity index (χ1v) is 8.59. The molecular formula is C16H29N3O. The van der Waals surface area contributed by atoms with Crippen molar-refractivity contribution in [2.24, 2.45) is 0 Å². The third kappa shape index (κ3) is 2.80. The Labute approximate surface area is 122 Å². The fourth-order valence-corrected chi connectivity index (χ4v) is 4.23. The number of likely N-dealkylation sites (tertiary alicyclic amines) is 1. The van der Waals surface area contributed by atoms with Crippen molar-refractivity contribution in [3.63, 3.8) is 0 Å². The van der Waals surface area contributed by atoms with Crippen LogP contribution in [0.5, 0.6) is 0 Å². The van der Waals surface area contributed by atoms with E-state index in [1.807, 2.05) is 0 Å². The molecule has 1 spiro atoms. The van der Waals surface area contributed by atoms with E-state index < -0.39 is 0 Å². The maximum absolute atomic E-state index is 13.0. The molecule has 2 saturated heterocycles. The minimum Gasteiger partial charge on any atom is -0.325 e. The molecule has 1 aliphatic carbocycles. The maximum atomic E-state index is 13.0. The molecule has 3 fully saturated rings. The van der Waals surface area contributed by atoms with Gasteiger partial charge in [-0.25, -0.2) is 4.79 Å². The number of rotatable bonds is 0. The minimum atomic E-state index is 0.125. The van der Waals surface area contributed by atoms with Crippen LogP contribution >= 0.6 is 0 Å². The summed E-state index contributed by atoms with van der Waals surface area (Å²) in [4.78, 5) is 17.4. The van der Waals surface area contributed by atoms with Gasteiger partial charge in [0.2, 0.25) is 0 Å². The zero-order valence-electron chi connectivity index (χ0n) is 12.7. The Kier molecular flexibility index (Phi) is 4.49. The van der Waals surface area contributed by atoms with Crippen LogP contribution in [0.3, 0.4) is 0 Å². The summed E-state index contributed by atoms with van der Waals surface area (Å²) >= 11 is 0. The molecule has 1 N–H and O–H groups in total. The lowest BCUT2D eigenvalue weighted by atomic mass is 9.79.